The van der Waals surface area contributed by atoms with Crippen molar-refractivity contribution < 1.29 is 17.7 Å². The Labute approximate surface area is 735 Å². The number of pyridine rings is 2. The van der Waals surface area contributed by atoms with E-state index in [4.69, 9.17) is 17.7 Å². The van der Waals surface area contributed by atoms with Gasteiger partial charge in [0.25, 0.3) is 0 Å². The topological polar surface area (TPSA) is 103 Å². The summed E-state index contributed by atoms with van der Waals surface area (Å²) in [5.41, 5.74) is 33.1. The van der Waals surface area contributed by atoms with Gasteiger partial charge in [0.15, 0.2) is 16.7 Å². The third-order valence-corrected chi connectivity index (χ3v) is 26.3. The van der Waals surface area contributed by atoms with Gasteiger partial charge in [0.05, 0.1) is 60.9 Å². The van der Waals surface area contributed by atoms with Gasteiger partial charge in [-0.05, 0) is 240 Å². The molecule has 602 valence electrons. The smallest absolute Gasteiger partial charge is 0.159 e. The summed E-state index contributed by atoms with van der Waals surface area (Å²) in [6.07, 6.45) is 3.63. The molecule has 0 aliphatic heterocycles. The number of nitrogens with zero attached hydrogens (tertiary/aromatic N) is 7. The van der Waals surface area contributed by atoms with Crippen LogP contribution in [-0.2, 0) is 0 Å². The lowest BCUT2D eigenvalue weighted by Gasteiger charge is -2.08. The van der Waals surface area contributed by atoms with E-state index in [1.165, 1.54) is 115 Å². The summed E-state index contributed by atoms with van der Waals surface area (Å²) >= 11 is 0. The summed E-state index contributed by atoms with van der Waals surface area (Å²) in [7, 11) is 0. The average molecular weight is 1650 g/mol. The lowest BCUT2D eigenvalue weighted by Crippen LogP contribution is -1.94. The number of benzene rings is 18. The fraction of sp³-hybridized carbons (Fsp3) is 0. The normalized spacial score (nSPS) is 12.0. The molecule has 0 aliphatic rings. The molecule has 11 heterocycles. The van der Waals surface area contributed by atoms with Crippen LogP contribution < -0.4 is 0 Å². The molecule has 0 amide bonds. The van der Waals surface area contributed by atoms with E-state index in [1.54, 1.807) is 0 Å². The Morgan fingerprint density at radius 3 is 0.829 bits per heavy atom. The molecule has 0 atom stereocenters. The van der Waals surface area contributed by atoms with Gasteiger partial charge in [-0.1, -0.05) is 212 Å². The third kappa shape index (κ3) is 11.3. The fourth-order valence-corrected chi connectivity index (χ4v) is 20.6. The monoisotopic (exact) mass is 1650 g/mol. The van der Waals surface area contributed by atoms with Crippen molar-refractivity contribution in [1.29, 1.82) is 0 Å². The SMILES string of the molecule is c1cc(-n2c3ccccc3c3ccccc32)c2oc3ccc(-n4c5ccccc5c5ccccc54)cc3c2c1.c1ccc(-n2c3ccc(-c4ccc5oc6cccnc6c5c4)cc3c3cc(-c4ccc5oc6cccnc6c5c4)ccc32)cc1.c1ccc(-n2c3ccccc3c3cc(-c4ccc5oc6ccc(-n7c8ccccc8c8ccccc87)cc6c5c4)ccc32)cc1. The van der Waals surface area contributed by atoms with Gasteiger partial charge in [-0.3, -0.25) is 9.97 Å². The van der Waals surface area contributed by atoms with Gasteiger partial charge >= 0.3 is 0 Å². The molecule has 0 saturated carbocycles. The number of rotatable bonds is 8. The Balaban J connectivity index is 0.000000100. The first kappa shape index (κ1) is 72.0. The zero-order valence-electron chi connectivity index (χ0n) is 69.3. The van der Waals surface area contributed by atoms with Crippen molar-refractivity contribution in [1.82, 2.24) is 32.8 Å². The molecule has 0 spiro atoms. The summed E-state index contributed by atoms with van der Waals surface area (Å²) in [5.74, 6) is 0. The Morgan fingerprint density at radius 1 is 0.155 bits per heavy atom. The Bertz CT molecular complexity index is 9350. The molecule has 18 aromatic carbocycles. The standard InChI is InChI=1S/C42H26N2O.C40H23N3O2.C36H22N2O/c1-2-10-29(11-3-1)43-39-17-9-6-14-33(39)34-24-27(18-21-40(34)43)28-19-22-41-35(25-28)36-26-30(20-23-42(36)45-41)44-37-15-7-4-12-31(37)32-13-5-8-16-38(32)44;1-2-6-28(7-3-1)43-33-14-10-24(26-12-16-35-31(22-26)39-37(44-35)8-4-18-41-39)20-29(33)30-21-25(11-15-34(30)43)27-13-17-36-32(23-27)40-38(45-36)9-5-19-42-40;1-5-15-30-24(10-1)25-11-2-6-16-31(25)37(30)23-20-21-35-29(22-23)28-14-9-19-34(36(28)39-35)38-32-17-7-3-12-26(32)27-13-4-8-18-33(27)38/h1-26H;1-23H;1-22H. The van der Waals surface area contributed by atoms with Gasteiger partial charge in [-0.2, -0.15) is 0 Å². The molecular formula is C118H71N7O4. The zero-order valence-corrected chi connectivity index (χ0v) is 69.3. The molecule has 29 rings (SSSR count). The molecular weight excluding hydrogens is 1580 g/mol. The predicted octanol–water partition coefficient (Wildman–Crippen LogP) is 31.9. The van der Waals surface area contributed by atoms with Gasteiger partial charge in [0, 0.05) is 121 Å². The highest BCUT2D eigenvalue weighted by molar-refractivity contribution is 6.18. The molecule has 0 fully saturated rings. The first-order valence-corrected chi connectivity index (χ1v) is 43.6. The van der Waals surface area contributed by atoms with Crippen molar-refractivity contribution in [2.75, 3.05) is 0 Å². The zero-order chi connectivity index (χ0) is 84.5. The van der Waals surface area contributed by atoms with Gasteiger partial charge in [-0.15, -0.1) is 0 Å². The molecule has 11 heteroatoms. The van der Waals surface area contributed by atoms with Crippen LogP contribution in [0.1, 0.15) is 0 Å². The number of fused-ring (bicyclic) bond motifs is 27. The molecule has 0 unspecified atom stereocenters. The maximum atomic E-state index is 6.62. The van der Waals surface area contributed by atoms with Crippen LogP contribution in [0.5, 0.6) is 0 Å². The second kappa shape index (κ2) is 28.5. The van der Waals surface area contributed by atoms with Crippen LogP contribution in [0.15, 0.2) is 449 Å². The van der Waals surface area contributed by atoms with Crippen LogP contribution in [0.25, 0.3) is 259 Å². The van der Waals surface area contributed by atoms with Crippen LogP contribution in [0.2, 0.25) is 0 Å². The van der Waals surface area contributed by atoms with Crippen molar-refractivity contribution in [2.45, 2.75) is 0 Å². The highest BCUT2D eigenvalue weighted by Crippen LogP contribution is 2.46. The first-order valence-electron chi connectivity index (χ1n) is 43.6. The fourth-order valence-electron chi connectivity index (χ4n) is 20.6. The molecule has 129 heavy (non-hydrogen) atoms. The Kier molecular flexibility index (Phi) is 15.9. The van der Waals surface area contributed by atoms with Crippen LogP contribution in [0.3, 0.4) is 0 Å². The van der Waals surface area contributed by atoms with E-state index in [0.717, 1.165) is 144 Å². The van der Waals surface area contributed by atoms with Crippen molar-refractivity contribution in [3.05, 3.63) is 431 Å². The third-order valence-electron chi connectivity index (χ3n) is 26.3. The number of aromatic nitrogens is 7. The van der Waals surface area contributed by atoms with Gasteiger partial charge in [0.1, 0.15) is 38.9 Å². The van der Waals surface area contributed by atoms with Gasteiger partial charge < -0.3 is 40.5 Å². The summed E-state index contributed by atoms with van der Waals surface area (Å²) < 4.78 is 36.9. The first-order chi connectivity index (χ1) is 64.0. The van der Waals surface area contributed by atoms with Crippen molar-refractivity contribution in [3.8, 4) is 61.8 Å². The highest BCUT2D eigenvalue weighted by atomic mass is 16.3. The molecule has 0 saturated heterocycles. The quantitative estimate of drug-likeness (QED) is 0.150. The highest BCUT2D eigenvalue weighted by Gasteiger charge is 2.24. The minimum atomic E-state index is 0.802. The van der Waals surface area contributed by atoms with Crippen molar-refractivity contribution >= 4 is 197 Å². The van der Waals surface area contributed by atoms with Gasteiger partial charge in [0.2, 0.25) is 0 Å². The molecule has 11 aromatic heterocycles. The lowest BCUT2D eigenvalue weighted by molar-refractivity contribution is 0.666. The maximum absolute atomic E-state index is 6.62. The molecule has 0 radical (unpaired) electrons. The van der Waals surface area contributed by atoms with Gasteiger partial charge in [-0.25, -0.2) is 0 Å². The van der Waals surface area contributed by atoms with E-state index in [1.807, 2.05) is 48.8 Å². The summed E-state index contributed by atoms with van der Waals surface area (Å²) in [5, 5.41) is 18.9. The Morgan fingerprint density at radius 2 is 0.426 bits per heavy atom. The van der Waals surface area contributed by atoms with E-state index < -0.39 is 0 Å². The molecule has 0 aliphatic carbocycles. The summed E-state index contributed by atoms with van der Waals surface area (Å²) in [4.78, 5) is 9.19. The lowest BCUT2D eigenvalue weighted by atomic mass is 9.99. The molecule has 0 N–H and O–H groups in total. The van der Waals surface area contributed by atoms with Crippen molar-refractivity contribution in [2.24, 2.45) is 0 Å². The summed E-state index contributed by atoms with van der Waals surface area (Å²) in [6, 6.07) is 149. The second-order valence-electron chi connectivity index (χ2n) is 33.4. The number of hydrogen-bond acceptors (Lipinski definition) is 6. The van der Waals surface area contributed by atoms with Crippen LogP contribution >= 0.6 is 0 Å². The number of hydrogen-bond donors (Lipinski definition) is 0. The van der Waals surface area contributed by atoms with Crippen molar-refractivity contribution in [3.63, 3.8) is 0 Å². The average Bonchev–Trinajstić information content (AvgIpc) is 1.53. The van der Waals surface area contributed by atoms with Crippen LogP contribution in [0.4, 0.5) is 0 Å². The number of furan rings is 4. The molecule has 29 aromatic rings. The van der Waals surface area contributed by atoms with E-state index in [0.29, 0.717) is 0 Å². The van der Waals surface area contributed by atoms with Crippen LogP contribution in [-0.4, -0.2) is 32.8 Å². The molecule has 0 bridgehead atoms. The maximum Gasteiger partial charge on any atom is 0.159 e. The predicted molar refractivity (Wildman–Crippen MR) is 532 cm³/mol. The Hall–Kier alpha value is -17.5. The minimum Gasteiger partial charge on any atom is -0.456 e. The van der Waals surface area contributed by atoms with E-state index in [-0.39, 0.29) is 0 Å². The second-order valence-corrected chi connectivity index (χ2v) is 33.4. The minimum absolute atomic E-state index is 0.802. The van der Waals surface area contributed by atoms with Crippen LogP contribution in [0, 0.1) is 0 Å². The van der Waals surface area contributed by atoms with E-state index in [9.17, 15) is 0 Å². The largest absolute Gasteiger partial charge is 0.456 e. The molecule has 11 nitrogen and oxygen atoms in total. The summed E-state index contributed by atoms with van der Waals surface area (Å²) in [6.45, 7) is 0. The van der Waals surface area contributed by atoms with E-state index >= 15 is 0 Å². The number of para-hydroxylation sites is 10. The van der Waals surface area contributed by atoms with E-state index in [2.05, 4.69) is 415 Å².